The van der Waals surface area contributed by atoms with Crippen molar-refractivity contribution >= 4 is 27.3 Å². The van der Waals surface area contributed by atoms with Crippen molar-refractivity contribution in [2.24, 2.45) is 5.92 Å². The van der Waals surface area contributed by atoms with Crippen molar-refractivity contribution in [1.82, 2.24) is 10.2 Å². The van der Waals surface area contributed by atoms with Crippen LogP contribution in [0.3, 0.4) is 0 Å². The van der Waals surface area contributed by atoms with Gasteiger partial charge in [-0.3, -0.25) is 14.6 Å². The Morgan fingerprint density at radius 1 is 1.14 bits per heavy atom. The highest BCUT2D eigenvalue weighted by molar-refractivity contribution is 7.92. The van der Waals surface area contributed by atoms with Gasteiger partial charge in [0.05, 0.1) is 6.20 Å². The Balaban J connectivity index is 1.68. The maximum Gasteiger partial charge on any atom is 0.278 e. The summed E-state index contributed by atoms with van der Waals surface area (Å²) in [6.45, 7) is 0. The van der Waals surface area contributed by atoms with Crippen molar-refractivity contribution in [2.75, 3.05) is 10.0 Å². The normalized spacial score (nSPS) is 14.7. The van der Waals surface area contributed by atoms with Crippen LogP contribution in [-0.2, 0) is 14.8 Å². The fourth-order valence-corrected chi connectivity index (χ4v) is 2.78. The Hall–Kier alpha value is -2.35. The second-order valence-electron chi connectivity index (χ2n) is 4.87. The summed E-state index contributed by atoms with van der Waals surface area (Å²) in [6.07, 6.45) is 3.24. The quantitative estimate of drug-likeness (QED) is 0.779. The fourth-order valence-electron chi connectivity index (χ4n) is 1.81. The van der Waals surface area contributed by atoms with E-state index in [4.69, 9.17) is 0 Å². The van der Waals surface area contributed by atoms with Gasteiger partial charge >= 0.3 is 0 Å². The number of carbonyl (C=O) groups is 1. The van der Waals surface area contributed by atoms with Gasteiger partial charge in [0.2, 0.25) is 5.91 Å². The lowest BCUT2D eigenvalue weighted by atomic mass is 10.2. The molecule has 1 saturated carbocycles. The number of anilines is 2. The molecule has 0 saturated heterocycles. The molecule has 0 bridgehead atoms. The summed E-state index contributed by atoms with van der Waals surface area (Å²) in [5.74, 6) is 0.143. The van der Waals surface area contributed by atoms with Crippen LogP contribution in [0.1, 0.15) is 12.8 Å². The molecule has 0 atom stereocenters. The average molecular weight is 306 g/mol. The highest BCUT2D eigenvalue weighted by atomic mass is 32.2. The molecule has 0 unspecified atom stereocenters. The number of carbonyl (C=O) groups excluding carboxylic acids is 1. The molecule has 110 valence electrons. The number of amides is 1. The third kappa shape index (κ3) is 3.22. The summed E-state index contributed by atoms with van der Waals surface area (Å²) in [5, 5.41) is 8.79. The summed E-state index contributed by atoms with van der Waals surface area (Å²) in [6, 6.07) is 7.87. The maximum atomic E-state index is 12.0. The van der Waals surface area contributed by atoms with Crippen LogP contribution < -0.4 is 10.0 Å². The lowest BCUT2D eigenvalue weighted by Gasteiger charge is -2.08. The van der Waals surface area contributed by atoms with E-state index in [1.807, 2.05) is 0 Å². The van der Waals surface area contributed by atoms with Crippen molar-refractivity contribution in [3.63, 3.8) is 0 Å². The second-order valence-corrected chi connectivity index (χ2v) is 6.52. The Kier molecular flexibility index (Phi) is 3.38. The molecule has 21 heavy (non-hydrogen) atoms. The van der Waals surface area contributed by atoms with E-state index in [-0.39, 0.29) is 16.9 Å². The molecule has 1 aromatic carbocycles. The topological polar surface area (TPSA) is 104 Å². The largest absolute Gasteiger partial charge is 0.326 e. The molecule has 1 aliphatic rings. The number of hydrogen-bond acceptors (Lipinski definition) is 4. The van der Waals surface area contributed by atoms with E-state index < -0.39 is 10.0 Å². The number of sulfonamides is 1. The monoisotopic (exact) mass is 306 g/mol. The lowest BCUT2D eigenvalue weighted by Crippen LogP contribution is -2.14. The molecule has 2 aromatic rings. The molecule has 1 fully saturated rings. The summed E-state index contributed by atoms with van der Waals surface area (Å²) >= 11 is 0. The second kappa shape index (κ2) is 5.21. The Labute approximate surface area is 121 Å². The van der Waals surface area contributed by atoms with Gasteiger partial charge in [-0.1, -0.05) is 0 Å². The molecular weight excluding hydrogens is 292 g/mol. The number of rotatable bonds is 5. The minimum atomic E-state index is -3.66. The molecule has 3 rings (SSSR count). The van der Waals surface area contributed by atoms with Gasteiger partial charge in [-0.2, -0.15) is 13.5 Å². The van der Waals surface area contributed by atoms with Crippen molar-refractivity contribution in [2.45, 2.75) is 17.9 Å². The summed E-state index contributed by atoms with van der Waals surface area (Å²) in [5.41, 5.74) is 1.06. The molecule has 7 nitrogen and oxygen atoms in total. The van der Waals surface area contributed by atoms with Gasteiger partial charge in [0.15, 0.2) is 5.03 Å². The number of H-pyrrole nitrogens is 1. The van der Waals surface area contributed by atoms with E-state index in [2.05, 4.69) is 20.2 Å². The minimum absolute atomic E-state index is 0.00591. The Morgan fingerprint density at radius 2 is 1.81 bits per heavy atom. The molecular formula is C13H14N4O3S. The van der Waals surface area contributed by atoms with Gasteiger partial charge < -0.3 is 5.32 Å². The van der Waals surface area contributed by atoms with Crippen molar-refractivity contribution in [1.29, 1.82) is 0 Å². The number of hydrogen-bond donors (Lipinski definition) is 3. The third-order valence-corrected chi connectivity index (χ3v) is 4.43. The standard InChI is InChI=1S/C13H14N4O3S/c18-13(9-1-2-9)15-10-3-5-11(6-4-10)17-21(19,20)12-7-8-14-16-12/h3-9,17H,1-2H2,(H,14,16)(H,15,18). The minimum Gasteiger partial charge on any atom is -0.326 e. The molecule has 3 N–H and O–H groups in total. The molecule has 8 heteroatoms. The molecule has 1 heterocycles. The average Bonchev–Trinajstić information content (AvgIpc) is 3.15. The number of benzene rings is 1. The van der Waals surface area contributed by atoms with Crippen LogP contribution in [0.15, 0.2) is 41.6 Å². The van der Waals surface area contributed by atoms with Gasteiger partial charge in [0.25, 0.3) is 10.0 Å². The van der Waals surface area contributed by atoms with Gasteiger partial charge in [0, 0.05) is 17.3 Å². The van der Waals surface area contributed by atoms with Gasteiger partial charge in [-0.25, -0.2) is 0 Å². The summed E-state index contributed by atoms with van der Waals surface area (Å²) in [7, 11) is -3.66. The highest BCUT2D eigenvalue weighted by Gasteiger charge is 2.29. The van der Waals surface area contributed by atoms with Crippen LogP contribution in [0.4, 0.5) is 11.4 Å². The van der Waals surface area contributed by atoms with E-state index in [0.29, 0.717) is 11.4 Å². The van der Waals surface area contributed by atoms with Crippen molar-refractivity contribution in [3.8, 4) is 0 Å². The fraction of sp³-hybridized carbons (Fsp3) is 0.231. The smallest absolute Gasteiger partial charge is 0.278 e. The van der Waals surface area contributed by atoms with Crippen LogP contribution in [0.5, 0.6) is 0 Å². The zero-order valence-electron chi connectivity index (χ0n) is 11.0. The molecule has 0 aliphatic heterocycles. The number of aromatic amines is 1. The molecule has 0 radical (unpaired) electrons. The number of nitrogens with zero attached hydrogens (tertiary/aromatic N) is 1. The van der Waals surface area contributed by atoms with Crippen LogP contribution in [-0.4, -0.2) is 24.5 Å². The van der Waals surface area contributed by atoms with Crippen LogP contribution in [0.2, 0.25) is 0 Å². The first kappa shape index (κ1) is 13.6. The van der Waals surface area contributed by atoms with Crippen LogP contribution >= 0.6 is 0 Å². The van der Waals surface area contributed by atoms with E-state index >= 15 is 0 Å². The molecule has 0 spiro atoms. The first-order chi connectivity index (χ1) is 10.0. The number of aromatic nitrogens is 2. The predicted octanol–water partition coefficient (Wildman–Crippen LogP) is 1.56. The Morgan fingerprint density at radius 3 is 2.38 bits per heavy atom. The molecule has 1 aliphatic carbocycles. The highest BCUT2D eigenvalue weighted by Crippen LogP contribution is 2.30. The third-order valence-electron chi connectivity index (χ3n) is 3.12. The van der Waals surface area contributed by atoms with E-state index in [1.54, 1.807) is 24.3 Å². The SMILES string of the molecule is O=C(Nc1ccc(NS(=O)(=O)c2ccn[nH]2)cc1)C1CC1. The zero-order valence-corrected chi connectivity index (χ0v) is 11.9. The molecule has 1 amide bonds. The van der Waals surface area contributed by atoms with Crippen LogP contribution in [0, 0.1) is 5.92 Å². The zero-order chi connectivity index (χ0) is 14.9. The lowest BCUT2D eigenvalue weighted by molar-refractivity contribution is -0.117. The predicted molar refractivity (Wildman–Crippen MR) is 77.2 cm³/mol. The van der Waals surface area contributed by atoms with E-state index in [9.17, 15) is 13.2 Å². The molecule has 1 aromatic heterocycles. The maximum absolute atomic E-state index is 12.0. The first-order valence-electron chi connectivity index (χ1n) is 6.48. The van der Waals surface area contributed by atoms with E-state index in [1.165, 1.54) is 12.3 Å². The Bertz CT molecular complexity index is 734. The van der Waals surface area contributed by atoms with Crippen molar-refractivity contribution in [3.05, 3.63) is 36.5 Å². The first-order valence-corrected chi connectivity index (χ1v) is 7.96. The van der Waals surface area contributed by atoms with Crippen molar-refractivity contribution < 1.29 is 13.2 Å². The van der Waals surface area contributed by atoms with Gasteiger partial charge in [0.1, 0.15) is 0 Å². The van der Waals surface area contributed by atoms with E-state index in [0.717, 1.165) is 12.8 Å². The van der Waals surface area contributed by atoms with Gasteiger partial charge in [-0.05, 0) is 43.2 Å². The van der Waals surface area contributed by atoms with Gasteiger partial charge in [-0.15, -0.1) is 0 Å². The summed E-state index contributed by atoms with van der Waals surface area (Å²) < 4.78 is 26.4. The number of nitrogens with one attached hydrogen (secondary N) is 3. The van der Waals surface area contributed by atoms with Crippen LogP contribution in [0.25, 0.3) is 0 Å². The summed E-state index contributed by atoms with van der Waals surface area (Å²) in [4.78, 5) is 11.6.